The first-order valence-electron chi connectivity index (χ1n) is 10.6. The molecule has 2 aliphatic rings. The lowest BCUT2D eigenvalue weighted by molar-refractivity contribution is -0.141. The van der Waals surface area contributed by atoms with Gasteiger partial charge in [0.15, 0.2) is 0 Å². The number of nitrogens with zero attached hydrogens (tertiary/aromatic N) is 1. The molecule has 3 aromatic carbocycles. The van der Waals surface area contributed by atoms with Gasteiger partial charge in [0.25, 0.3) is 0 Å². The number of aliphatic carboxylic acids is 1. The summed E-state index contributed by atoms with van der Waals surface area (Å²) in [5.74, 6) is -1.86. The van der Waals surface area contributed by atoms with Gasteiger partial charge in [-0.25, -0.2) is 4.79 Å². The highest BCUT2D eigenvalue weighted by Gasteiger charge is 2.41. The molecule has 0 aromatic heterocycles. The number of carbonyl (C=O) groups is 2. The molecule has 0 spiro atoms. The maximum Gasteiger partial charge on any atom is 0.409 e. The monoisotopic (exact) mass is 491 g/mol. The Balaban J connectivity index is 1.32. The average Bonchev–Trinajstić information content (AvgIpc) is 3.38. The van der Waals surface area contributed by atoms with Gasteiger partial charge in [-0.05, 0) is 39.9 Å². The molecule has 0 radical (unpaired) electrons. The number of carboxylic acid groups (broad SMARTS) is 1. The van der Waals surface area contributed by atoms with Crippen molar-refractivity contribution < 1.29 is 19.4 Å². The smallest absolute Gasteiger partial charge is 0.409 e. The van der Waals surface area contributed by atoms with Crippen molar-refractivity contribution in [2.45, 2.75) is 11.8 Å². The van der Waals surface area contributed by atoms with Crippen LogP contribution in [0.2, 0.25) is 0 Å². The number of rotatable bonds is 4. The first kappa shape index (κ1) is 20.8. The molecule has 1 amide bonds. The van der Waals surface area contributed by atoms with Crippen LogP contribution in [0.25, 0.3) is 11.1 Å². The van der Waals surface area contributed by atoms with Crippen molar-refractivity contribution in [2.24, 2.45) is 5.92 Å². The van der Waals surface area contributed by atoms with Crippen LogP contribution in [0, 0.1) is 5.92 Å². The molecule has 0 saturated carbocycles. The number of halogens is 1. The van der Waals surface area contributed by atoms with Crippen LogP contribution < -0.4 is 0 Å². The second-order valence-corrected chi connectivity index (χ2v) is 9.23. The van der Waals surface area contributed by atoms with Crippen LogP contribution in [0.4, 0.5) is 4.79 Å². The van der Waals surface area contributed by atoms with Crippen molar-refractivity contribution in [3.63, 3.8) is 0 Å². The van der Waals surface area contributed by atoms with Gasteiger partial charge in [-0.15, -0.1) is 0 Å². The number of hydrogen-bond acceptors (Lipinski definition) is 3. The summed E-state index contributed by atoms with van der Waals surface area (Å²) >= 11 is 3.45. The van der Waals surface area contributed by atoms with Gasteiger partial charge in [-0.1, -0.05) is 76.6 Å². The fourth-order valence-corrected chi connectivity index (χ4v) is 5.38. The van der Waals surface area contributed by atoms with E-state index in [1.165, 1.54) is 16.0 Å². The van der Waals surface area contributed by atoms with E-state index in [0.717, 1.165) is 21.2 Å². The third kappa shape index (κ3) is 3.69. The Morgan fingerprint density at radius 1 is 0.938 bits per heavy atom. The summed E-state index contributed by atoms with van der Waals surface area (Å²) in [6.45, 7) is 0.690. The van der Waals surface area contributed by atoms with Crippen molar-refractivity contribution in [1.29, 1.82) is 0 Å². The third-order valence-corrected chi connectivity index (χ3v) is 7.00. The molecule has 5 rings (SSSR count). The van der Waals surface area contributed by atoms with Crippen molar-refractivity contribution in [3.05, 3.63) is 94.0 Å². The number of hydrogen-bond donors (Lipinski definition) is 1. The Morgan fingerprint density at radius 3 is 2.22 bits per heavy atom. The summed E-state index contributed by atoms with van der Waals surface area (Å²) in [6.07, 6.45) is -0.462. The quantitative estimate of drug-likeness (QED) is 0.523. The van der Waals surface area contributed by atoms with E-state index in [2.05, 4.69) is 40.2 Å². The largest absolute Gasteiger partial charge is 0.481 e. The zero-order chi connectivity index (χ0) is 22.2. The predicted molar refractivity (Wildman–Crippen MR) is 125 cm³/mol. The highest BCUT2D eigenvalue weighted by Crippen LogP contribution is 2.44. The second-order valence-electron chi connectivity index (χ2n) is 8.32. The van der Waals surface area contributed by atoms with Crippen molar-refractivity contribution in [1.82, 2.24) is 4.90 Å². The van der Waals surface area contributed by atoms with E-state index in [0.29, 0.717) is 6.54 Å². The minimum Gasteiger partial charge on any atom is -0.481 e. The Morgan fingerprint density at radius 2 is 1.59 bits per heavy atom. The summed E-state index contributed by atoms with van der Waals surface area (Å²) < 4.78 is 6.63. The average molecular weight is 492 g/mol. The van der Waals surface area contributed by atoms with Gasteiger partial charge in [0, 0.05) is 29.4 Å². The standard InChI is InChI=1S/C26H22BrNO4/c27-17-7-5-6-16(12-17)22-13-28(14-23(22)25(29)30)26(31)32-15-24-20-10-3-1-8-18(20)19-9-2-4-11-21(19)24/h1-12,22-24H,13-15H2,(H,29,30). The molecule has 6 heteroatoms. The lowest BCUT2D eigenvalue weighted by Gasteiger charge is -2.19. The van der Waals surface area contributed by atoms with Crippen LogP contribution in [0.1, 0.15) is 28.5 Å². The molecule has 2 unspecified atom stereocenters. The van der Waals surface area contributed by atoms with Crippen molar-refractivity contribution >= 4 is 28.0 Å². The fraction of sp³-hybridized carbons (Fsp3) is 0.231. The van der Waals surface area contributed by atoms with Gasteiger partial charge >= 0.3 is 12.1 Å². The van der Waals surface area contributed by atoms with E-state index >= 15 is 0 Å². The summed E-state index contributed by atoms with van der Waals surface area (Å²) in [5, 5.41) is 9.74. The predicted octanol–water partition coefficient (Wildman–Crippen LogP) is 5.50. The molecule has 1 aliphatic carbocycles. The first-order valence-corrected chi connectivity index (χ1v) is 11.4. The minimum absolute atomic E-state index is 0.0231. The van der Waals surface area contributed by atoms with E-state index in [4.69, 9.17) is 4.74 Å². The van der Waals surface area contributed by atoms with E-state index in [1.54, 1.807) is 0 Å². The zero-order valence-corrected chi connectivity index (χ0v) is 18.9. The number of amides is 1. The Bertz CT molecular complexity index is 1150. The van der Waals surface area contributed by atoms with E-state index in [-0.39, 0.29) is 25.0 Å². The number of benzene rings is 3. The van der Waals surface area contributed by atoms with E-state index in [1.807, 2.05) is 48.5 Å². The maximum absolute atomic E-state index is 12.9. The summed E-state index contributed by atoms with van der Waals surface area (Å²) in [4.78, 5) is 26.4. The molecule has 1 saturated heterocycles. The lowest BCUT2D eigenvalue weighted by atomic mass is 9.89. The molecule has 1 aliphatic heterocycles. The van der Waals surface area contributed by atoms with Crippen LogP contribution in [-0.4, -0.2) is 41.8 Å². The lowest BCUT2D eigenvalue weighted by Crippen LogP contribution is -2.31. The normalized spacial score (nSPS) is 19.5. The van der Waals surface area contributed by atoms with Crippen LogP contribution in [-0.2, 0) is 9.53 Å². The molecule has 2 atom stereocenters. The topological polar surface area (TPSA) is 66.8 Å². The number of fused-ring (bicyclic) bond motifs is 3. The van der Waals surface area contributed by atoms with Gasteiger partial charge in [0.05, 0.1) is 5.92 Å². The summed E-state index contributed by atoms with van der Waals surface area (Å²) in [6, 6.07) is 24.0. The molecular formula is C26H22BrNO4. The molecule has 32 heavy (non-hydrogen) atoms. The van der Waals surface area contributed by atoms with Crippen LogP contribution in [0.3, 0.4) is 0 Å². The summed E-state index contributed by atoms with van der Waals surface area (Å²) in [5.41, 5.74) is 5.55. The first-order chi connectivity index (χ1) is 15.5. The van der Waals surface area contributed by atoms with Crippen molar-refractivity contribution in [3.8, 4) is 11.1 Å². The molecule has 1 fully saturated rings. The van der Waals surface area contributed by atoms with Gasteiger partial charge < -0.3 is 14.7 Å². The molecule has 3 aromatic rings. The maximum atomic E-state index is 12.9. The van der Waals surface area contributed by atoms with Gasteiger partial charge in [0.2, 0.25) is 0 Å². The Hall–Kier alpha value is -3.12. The van der Waals surface area contributed by atoms with Gasteiger partial charge in [-0.2, -0.15) is 0 Å². The number of ether oxygens (including phenoxy) is 1. The zero-order valence-electron chi connectivity index (χ0n) is 17.3. The highest BCUT2D eigenvalue weighted by molar-refractivity contribution is 9.10. The minimum atomic E-state index is -0.899. The second kappa shape index (κ2) is 8.43. The van der Waals surface area contributed by atoms with Crippen LogP contribution in [0.15, 0.2) is 77.3 Å². The number of likely N-dealkylation sites (tertiary alicyclic amines) is 1. The number of carboxylic acids is 1. The van der Waals surface area contributed by atoms with E-state index in [9.17, 15) is 14.7 Å². The van der Waals surface area contributed by atoms with Gasteiger partial charge in [0.1, 0.15) is 6.61 Å². The Kier molecular flexibility index (Phi) is 5.47. The molecular weight excluding hydrogens is 470 g/mol. The fourth-order valence-electron chi connectivity index (χ4n) is 4.96. The third-order valence-electron chi connectivity index (χ3n) is 6.51. The Labute approximate surface area is 194 Å². The van der Waals surface area contributed by atoms with E-state index < -0.39 is 18.0 Å². The molecule has 0 bridgehead atoms. The molecule has 162 valence electrons. The highest BCUT2D eigenvalue weighted by atomic mass is 79.9. The molecule has 1 N–H and O–H groups in total. The molecule has 5 nitrogen and oxygen atoms in total. The van der Waals surface area contributed by atoms with Crippen molar-refractivity contribution in [2.75, 3.05) is 19.7 Å². The molecule has 1 heterocycles. The SMILES string of the molecule is O=C(O)C1CN(C(=O)OCC2c3ccccc3-c3ccccc32)CC1c1cccc(Br)c1. The summed E-state index contributed by atoms with van der Waals surface area (Å²) in [7, 11) is 0. The van der Waals surface area contributed by atoms with Crippen LogP contribution >= 0.6 is 15.9 Å². The number of carbonyl (C=O) groups excluding carboxylic acids is 1. The van der Waals surface area contributed by atoms with Crippen LogP contribution in [0.5, 0.6) is 0 Å². The van der Waals surface area contributed by atoms with Gasteiger partial charge in [-0.3, -0.25) is 4.79 Å².